The number of benzene rings is 1. The Bertz CT molecular complexity index is 1180. The molecule has 0 atom stereocenters. The van der Waals surface area contributed by atoms with E-state index in [0.717, 1.165) is 16.7 Å². The lowest BCUT2D eigenvalue weighted by Crippen LogP contribution is -2.39. The first-order valence-corrected chi connectivity index (χ1v) is 10.3. The Balaban J connectivity index is 1.71. The fraction of sp³-hybridized carbons (Fsp3) is 0.304. The molecule has 0 spiro atoms. The number of hydrogen-bond donors (Lipinski definition) is 1. The predicted molar refractivity (Wildman–Crippen MR) is 117 cm³/mol. The summed E-state index contributed by atoms with van der Waals surface area (Å²) in [5.74, 6) is -0.464. The summed E-state index contributed by atoms with van der Waals surface area (Å²) in [6.07, 6.45) is 6.16. The van der Waals surface area contributed by atoms with Gasteiger partial charge < -0.3 is 14.8 Å². The fourth-order valence-corrected chi connectivity index (χ4v) is 3.95. The summed E-state index contributed by atoms with van der Waals surface area (Å²) >= 11 is 0. The number of aryl methyl sites for hydroxylation is 3. The normalized spacial score (nSPS) is 13.0. The lowest BCUT2D eigenvalue weighted by Gasteiger charge is -2.29. The molecule has 3 heterocycles. The highest BCUT2D eigenvalue weighted by Gasteiger charge is 2.27. The standard InChI is InChI=1S/C23H25N5O3/c1-16(29)27-11-9-20-18(13-27)14-28(10-8-17-6-4-3-5-7-17)23(31)21(20)22(30)25-19-12-24-26(2)15-19/h3-7,12,14-15H,8-11,13H2,1-2H3,(H,25,30). The quantitative estimate of drug-likeness (QED) is 0.685. The van der Waals surface area contributed by atoms with Crippen molar-refractivity contribution in [2.45, 2.75) is 32.9 Å². The Morgan fingerprint density at radius 2 is 1.94 bits per heavy atom. The molecule has 1 aromatic carbocycles. The second kappa shape index (κ2) is 8.59. The Hall–Kier alpha value is -3.68. The van der Waals surface area contributed by atoms with Crippen LogP contribution >= 0.6 is 0 Å². The van der Waals surface area contributed by atoms with Gasteiger partial charge in [0.05, 0.1) is 11.9 Å². The number of rotatable bonds is 5. The number of fused-ring (bicyclic) bond motifs is 1. The van der Waals surface area contributed by atoms with Crippen LogP contribution in [0.3, 0.4) is 0 Å². The molecule has 8 nitrogen and oxygen atoms in total. The minimum atomic E-state index is -0.445. The average Bonchev–Trinajstić information content (AvgIpc) is 3.16. The molecule has 31 heavy (non-hydrogen) atoms. The van der Waals surface area contributed by atoms with Crippen molar-refractivity contribution in [1.29, 1.82) is 0 Å². The first-order chi connectivity index (χ1) is 14.9. The summed E-state index contributed by atoms with van der Waals surface area (Å²) in [6.45, 7) is 2.86. The summed E-state index contributed by atoms with van der Waals surface area (Å²) in [7, 11) is 1.76. The van der Waals surface area contributed by atoms with Crippen molar-refractivity contribution in [3.05, 3.63) is 81.5 Å². The van der Waals surface area contributed by atoms with Gasteiger partial charge in [0, 0.05) is 46.0 Å². The molecule has 0 saturated heterocycles. The molecular formula is C23H25N5O3. The largest absolute Gasteiger partial charge is 0.338 e. The molecule has 1 aliphatic heterocycles. The molecule has 0 fully saturated rings. The van der Waals surface area contributed by atoms with E-state index in [4.69, 9.17) is 0 Å². The molecule has 0 aliphatic carbocycles. The lowest BCUT2D eigenvalue weighted by molar-refractivity contribution is -0.129. The number of aromatic nitrogens is 3. The number of pyridine rings is 1. The maximum absolute atomic E-state index is 13.3. The number of amides is 2. The number of hydrogen-bond acceptors (Lipinski definition) is 4. The Morgan fingerprint density at radius 3 is 2.61 bits per heavy atom. The molecule has 8 heteroatoms. The van der Waals surface area contributed by atoms with E-state index in [-0.39, 0.29) is 17.0 Å². The van der Waals surface area contributed by atoms with E-state index in [9.17, 15) is 14.4 Å². The van der Waals surface area contributed by atoms with Crippen molar-refractivity contribution in [2.24, 2.45) is 7.05 Å². The predicted octanol–water partition coefficient (Wildman–Crippen LogP) is 1.98. The third-order valence-electron chi connectivity index (χ3n) is 5.59. The summed E-state index contributed by atoms with van der Waals surface area (Å²) in [6, 6.07) is 9.89. The molecule has 0 saturated carbocycles. The van der Waals surface area contributed by atoms with E-state index in [1.807, 2.05) is 30.3 Å². The molecule has 0 unspecified atom stereocenters. The monoisotopic (exact) mass is 419 g/mol. The number of anilines is 1. The topological polar surface area (TPSA) is 89.2 Å². The van der Waals surface area contributed by atoms with Crippen LogP contribution < -0.4 is 10.9 Å². The van der Waals surface area contributed by atoms with Gasteiger partial charge in [0.1, 0.15) is 5.56 Å². The highest BCUT2D eigenvalue weighted by atomic mass is 16.2. The second-order valence-electron chi connectivity index (χ2n) is 7.79. The molecule has 1 N–H and O–H groups in total. The van der Waals surface area contributed by atoms with Crippen LogP contribution in [0.4, 0.5) is 5.69 Å². The van der Waals surface area contributed by atoms with Gasteiger partial charge in [-0.25, -0.2) is 0 Å². The average molecular weight is 419 g/mol. The van der Waals surface area contributed by atoms with Crippen LogP contribution in [0.2, 0.25) is 0 Å². The third-order valence-corrected chi connectivity index (χ3v) is 5.59. The van der Waals surface area contributed by atoms with E-state index in [0.29, 0.717) is 38.2 Å². The zero-order chi connectivity index (χ0) is 22.0. The van der Waals surface area contributed by atoms with Gasteiger partial charge in [0.2, 0.25) is 5.91 Å². The molecule has 0 bridgehead atoms. The molecule has 1 aliphatic rings. The van der Waals surface area contributed by atoms with Crippen molar-refractivity contribution >= 4 is 17.5 Å². The molecule has 160 valence electrons. The maximum Gasteiger partial charge on any atom is 0.263 e. The molecule has 2 aromatic heterocycles. The van der Waals surface area contributed by atoms with E-state index in [2.05, 4.69) is 10.4 Å². The number of carbonyl (C=O) groups excluding carboxylic acids is 2. The van der Waals surface area contributed by atoms with Crippen LogP contribution in [-0.2, 0) is 37.8 Å². The molecule has 0 radical (unpaired) electrons. The van der Waals surface area contributed by atoms with Crippen LogP contribution in [0.25, 0.3) is 0 Å². The number of carbonyl (C=O) groups is 2. The van der Waals surface area contributed by atoms with Crippen molar-refractivity contribution < 1.29 is 9.59 Å². The molecular weight excluding hydrogens is 394 g/mol. The zero-order valence-electron chi connectivity index (χ0n) is 17.7. The second-order valence-corrected chi connectivity index (χ2v) is 7.79. The molecule has 2 amide bonds. The van der Waals surface area contributed by atoms with Gasteiger partial charge in [-0.1, -0.05) is 30.3 Å². The van der Waals surface area contributed by atoms with Gasteiger partial charge in [-0.3, -0.25) is 19.1 Å². The minimum Gasteiger partial charge on any atom is -0.338 e. The summed E-state index contributed by atoms with van der Waals surface area (Å²) in [5, 5.41) is 6.85. The van der Waals surface area contributed by atoms with Gasteiger partial charge >= 0.3 is 0 Å². The van der Waals surface area contributed by atoms with E-state index >= 15 is 0 Å². The number of nitrogens with one attached hydrogen (secondary N) is 1. The van der Waals surface area contributed by atoms with Crippen LogP contribution in [0, 0.1) is 0 Å². The fourth-order valence-electron chi connectivity index (χ4n) is 3.95. The lowest BCUT2D eigenvalue weighted by atomic mass is 9.95. The van der Waals surface area contributed by atoms with Gasteiger partial charge in [-0.2, -0.15) is 5.10 Å². The van der Waals surface area contributed by atoms with Gasteiger partial charge in [-0.05, 0) is 29.5 Å². The van der Waals surface area contributed by atoms with Crippen LogP contribution in [0.15, 0.2) is 53.7 Å². The van der Waals surface area contributed by atoms with Crippen LogP contribution in [-0.4, -0.2) is 37.6 Å². The van der Waals surface area contributed by atoms with E-state index < -0.39 is 5.91 Å². The van der Waals surface area contributed by atoms with Crippen molar-refractivity contribution in [1.82, 2.24) is 19.2 Å². The van der Waals surface area contributed by atoms with Gasteiger partial charge in [-0.15, -0.1) is 0 Å². The first-order valence-electron chi connectivity index (χ1n) is 10.3. The highest BCUT2D eigenvalue weighted by Crippen LogP contribution is 2.22. The third kappa shape index (κ3) is 4.42. The van der Waals surface area contributed by atoms with Crippen molar-refractivity contribution in [3.8, 4) is 0 Å². The molecule has 3 aromatic rings. The summed E-state index contributed by atoms with van der Waals surface area (Å²) in [4.78, 5) is 40.1. The first kappa shape index (κ1) is 20.6. The smallest absolute Gasteiger partial charge is 0.263 e. The van der Waals surface area contributed by atoms with Crippen molar-refractivity contribution in [2.75, 3.05) is 11.9 Å². The van der Waals surface area contributed by atoms with E-state index in [1.165, 1.54) is 6.92 Å². The SMILES string of the molecule is CC(=O)N1CCc2c(cn(CCc3ccccc3)c(=O)c2C(=O)Nc2cnn(C)c2)C1. The van der Waals surface area contributed by atoms with Gasteiger partial charge in [0.15, 0.2) is 0 Å². The maximum atomic E-state index is 13.3. The van der Waals surface area contributed by atoms with Crippen LogP contribution in [0.5, 0.6) is 0 Å². The Labute approximate surface area is 180 Å². The minimum absolute atomic E-state index is 0.0194. The summed E-state index contributed by atoms with van der Waals surface area (Å²) in [5.41, 5.74) is 3.04. The van der Waals surface area contributed by atoms with Crippen LogP contribution in [0.1, 0.15) is 34.0 Å². The van der Waals surface area contributed by atoms with Gasteiger partial charge in [0.25, 0.3) is 11.5 Å². The summed E-state index contributed by atoms with van der Waals surface area (Å²) < 4.78 is 3.17. The van der Waals surface area contributed by atoms with Crippen molar-refractivity contribution in [3.63, 3.8) is 0 Å². The Morgan fingerprint density at radius 1 is 1.16 bits per heavy atom. The highest BCUT2D eigenvalue weighted by molar-refractivity contribution is 6.05. The molecule has 4 rings (SSSR count). The Kier molecular flexibility index (Phi) is 5.70. The zero-order valence-corrected chi connectivity index (χ0v) is 17.7. The van der Waals surface area contributed by atoms with E-state index in [1.54, 1.807) is 39.8 Å². The number of nitrogens with zero attached hydrogens (tertiary/aromatic N) is 4.